The first-order valence-electron chi connectivity index (χ1n) is 9.82. The van der Waals surface area contributed by atoms with E-state index in [-0.39, 0.29) is 11.3 Å². The fourth-order valence-corrected chi connectivity index (χ4v) is 5.51. The van der Waals surface area contributed by atoms with Gasteiger partial charge in [-0.15, -0.1) is 11.8 Å². The Kier molecular flexibility index (Phi) is 6.42. The van der Waals surface area contributed by atoms with Gasteiger partial charge in [0.1, 0.15) is 5.37 Å². The molecular formula is C22H24Cl2N2O2S. The molecule has 1 N–H and O–H groups in total. The summed E-state index contributed by atoms with van der Waals surface area (Å²) in [4.78, 5) is 16.7. The monoisotopic (exact) mass is 450 g/mol. The molecule has 4 nitrogen and oxygen atoms in total. The number of aliphatic hydroxyl groups is 1. The van der Waals surface area contributed by atoms with E-state index in [9.17, 15) is 9.90 Å². The van der Waals surface area contributed by atoms with Crippen LogP contribution in [-0.4, -0.2) is 52.7 Å². The Bertz CT molecular complexity index is 852. The van der Waals surface area contributed by atoms with Gasteiger partial charge >= 0.3 is 0 Å². The SMILES string of the molecule is O=C1CSC(c2ccc(Cl)cc2)N1CCN1CCC(O)(c2ccc(Cl)cc2)CC1. The Hall–Kier alpha value is -1.24. The molecule has 0 radical (unpaired) electrons. The van der Waals surface area contributed by atoms with Crippen molar-refractivity contribution in [2.45, 2.75) is 23.8 Å². The smallest absolute Gasteiger partial charge is 0.233 e. The molecule has 0 aliphatic carbocycles. The summed E-state index contributed by atoms with van der Waals surface area (Å²) < 4.78 is 0. The van der Waals surface area contributed by atoms with Gasteiger partial charge in [-0.1, -0.05) is 47.5 Å². The molecule has 0 aromatic heterocycles. The van der Waals surface area contributed by atoms with Gasteiger partial charge in [-0.25, -0.2) is 0 Å². The molecule has 0 bridgehead atoms. The number of thioether (sulfide) groups is 1. The number of carbonyl (C=O) groups is 1. The van der Waals surface area contributed by atoms with Crippen molar-refractivity contribution in [2.24, 2.45) is 0 Å². The third kappa shape index (κ3) is 4.75. The van der Waals surface area contributed by atoms with Crippen molar-refractivity contribution in [2.75, 3.05) is 31.9 Å². The van der Waals surface area contributed by atoms with Gasteiger partial charge in [-0.3, -0.25) is 4.79 Å². The Labute approximate surface area is 185 Å². The molecule has 1 atom stereocenters. The van der Waals surface area contributed by atoms with Gasteiger partial charge in [0, 0.05) is 36.2 Å². The molecule has 1 unspecified atom stereocenters. The zero-order valence-corrected chi connectivity index (χ0v) is 18.4. The predicted molar refractivity (Wildman–Crippen MR) is 119 cm³/mol. The Morgan fingerprint density at radius 1 is 0.966 bits per heavy atom. The molecule has 29 heavy (non-hydrogen) atoms. The van der Waals surface area contributed by atoms with E-state index in [1.807, 2.05) is 53.4 Å². The second-order valence-electron chi connectivity index (χ2n) is 7.68. The second kappa shape index (κ2) is 8.86. The highest BCUT2D eigenvalue weighted by Gasteiger charge is 2.36. The van der Waals surface area contributed by atoms with E-state index in [4.69, 9.17) is 23.2 Å². The molecule has 0 saturated carbocycles. The van der Waals surface area contributed by atoms with Crippen LogP contribution in [0, 0.1) is 0 Å². The van der Waals surface area contributed by atoms with Crippen LogP contribution in [-0.2, 0) is 10.4 Å². The summed E-state index contributed by atoms with van der Waals surface area (Å²) in [5, 5.41) is 12.5. The molecule has 0 spiro atoms. The molecule has 2 heterocycles. The molecule has 154 valence electrons. The van der Waals surface area contributed by atoms with E-state index < -0.39 is 5.60 Å². The fraction of sp³-hybridized carbons (Fsp3) is 0.409. The Balaban J connectivity index is 1.34. The number of rotatable bonds is 5. The van der Waals surface area contributed by atoms with Gasteiger partial charge in [-0.2, -0.15) is 0 Å². The number of piperidine rings is 1. The van der Waals surface area contributed by atoms with Gasteiger partial charge < -0.3 is 14.9 Å². The van der Waals surface area contributed by atoms with Crippen molar-refractivity contribution in [3.8, 4) is 0 Å². The molecule has 2 aromatic carbocycles. The number of benzene rings is 2. The molecule has 1 amide bonds. The number of amides is 1. The number of carbonyl (C=O) groups excluding carboxylic acids is 1. The summed E-state index contributed by atoms with van der Waals surface area (Å²) in [6.45, 7) is 3.12. The number of hydrogen-bond donors (Lipinski definition) is 1. The minimum atomic E-state index is -0.799. The number of likely N-dealkylation sites (tertiary alicyclic amines) is 1. The molecule has 2 aliphatic rings. The number of nitrogens with zero attached hydrogens (tertiary/aromatic N) is 2. The summed E-state index contributed by atoms with van der Waals surface area (Å²) >= 11 is 13.6. The van der Waals surface area contributed by atoms with Crippen molar-refractivity contribution in [1.82, 2.24) is 9.80 Å². The van der Waals surface area contributed by atoms with Crippen LogP contribution in [0.3, 0.4) is 0 Å². The van der Waals surface area contributed by atoms with Crippen LogP contribution >= 0.6 is 35.0 Å². The lowest BCUT2D eigenvalue weighted by molar-refractivity contribution is -0.128. The normalized spacial score (nSPS) is 22.2. The first-order chi connectivity index (χ1) is 13.9. The maximum atomic E-state index is 12.4. The molecular weight excluding hydrogens is 427 g/mol. The maximum Gasteiger partial charge on any atom is 0.233 e. The van der Waals surface area contributed by atoms with E-state index in [1.165, 1.54) is 0 Å². The summed E-state index contributed by atoms with van der Waals surface area (Å²) in [5.74, 6) is 0.702. The van der Waals surface area contributed by atoms with Crippen molar-refractivity contribution < 1.29 is 9.90 Å². The highest BCUT2D eigenvalue weighted by Crippen LogP contribution is 2.39. The minimum Gasteiger partial charge on any atom is -0.385 e. The fourth-order valence-electron chi connectivity index (χ4n) is 4.04. The largest absolute Gasteiger partial charge is 0.385 e. The standard InChI is InChI=1S/C22H24Cl2N2O2S/c23-18-5-1-16(2-6-18)21-26(20(27)15-29-21)14-13-25-11-9-22(28,10-12-25)17-3-7-19(24)8-4-17/h1-8,21,28H,9-15H2. The molecule has 2 fully saturated rings. The average Bonchev–Trinajstić information content (AvgIpc) is 3.09. The quantitative estimate of drug-likeness (QED) is 0.725. The highest BCUT2D eigenvalue weighted by atomic mass is 35.5. The predicted octanol–water partition coefficient (Wildman–Crippen LogP) is 4.55. The van der Waals surface area contributed by atoms with Gasteiger partial charge in [0.2, 0.25) is 5.91 Å². The third-order valence-electron chi connectivity index (χ3n) is 5.85. The maximum absolute atomic E-state index is 12.4. The van der Waals surface area contributed by atoms with Crippen LogP contribution < -0.4 is 0 Å². The molecule has 4 rings (SSSR count). The van der Waals surface area contributed by atoms with Crippen molar-refractivity contribution in [3.63, 3.8) is 0 Å². The van der Waals surface area contributed by atoms with E-state index in [0.717, 1.165) is 30.8 Å². The third-order valence-corrected chi connectivity index (χ3v) is 7.61. The zero-order chi connectivity index (χ0) is 20.4. The van der Waals surface area contributed by atoms with Gasteiger partial charge in [0.05, 0.1) is 11.4 Å². The molecule has 7 heteroatoms. The second-order valence-corrected chi connectivity index (χ2v) is 9.62. The lowest BCUT2D eigenvalue weighted by atomic mass is 9.84. The Morgan fingerprint density at radius 3 is 2.17 bits per heavy atom. The lowest BCUT2D eigenvalue weighted by Crippen LogP contribution is -2.45. The summed E-state index contributed by atoms with van der Waals surface area (Å²) in [5.41, 5.74) is 1.24. The van der Waals surface area contributed by atoms with E-state index >= 15 is 0 Å². The minimum absolute atomic E-state index is 0.0514. The Morgan fingerprint density at radius 2 is 1.55 bits per heavy atom. The summed E-state index contributed by atoms with van der Waals surface area (Å²) in [6.07, 6.45) is 1.36. The van der Waals surface area contributed by atoms with E-state index in [2.05, 4.69) is 4.90 Å². The highest BCUT2D eigenvalue weighted by molar-refractivity contribution is 8.00. The van der Waals surface area contributed by atoms with Gasteiger partial charge in [0.25, 0.3) is 0 Å². The molecule has 2 saturated heterocycles. The van der Waals surface area contributed by atoms with E-state index in [0.29, 0.717) is 35.2 Å². The number of halogens is 2. The van der Waals surface area contributed by atoms with Crippen LogP contribution in [0.2, 0.25) is 10.0 Å². The topological polar surface area (TPSA) is 43.8 Å². The van der Waals surface area contributed by atoms with Crippen LogP contribution in [0.25, 0.3) is 0 Å². The van der Waals surface area contributed by atoms with Crippen LogP contribution in [0.4, 0.5) is 0 Å². The summed E-state index contributed by atoms with van der Waals surface area (Å²) in [7, 11) is 0. The average molecular weight is 451 g/mol. The van der Waals surface area contributed by atoms with Crippen molar-refractivity contribution >= 4 is 40.9 Å². The first-order valence-corrected chi connectivity index (χ1v) is 11.6. The summed E-state index contributed by atoms with van der Waals surface area (Å²) in [6, 6.07) is 15.2. The number of hydrogen-bond acceptors (Lipinski definition) is 4. The van der Waals surface area contributed by atoms with E-state index in [1.54, 1.807) is 11.8 Å². The zero-order valence-electron chi connectivity index (χ0n) is 16.1. The van der Waals surface area contributed by atoms with Crippen LogP contribution in [0.1, 0.15) is 29.3 Å². The van der Waals surface area contributed by atoms with Crippen molar-refractivity contribution in [1.29, 1.82) is 0 Å². The lowest BCUT2D eigenvalue weighted by Gasteiger charge is -2.39. The molecule has 2 aromatic rings. The van der Waals surface area contributed by atoms with Crippen LogP contribution in [0.5, 0.6) is 0 Å². The van der Waals surface area contributed by atoms with Crippen LogP contribution in [0.15, 0.2) is 48.5 Å². The van der Waals surface area contributed by atoms with Gasteiger partial charge in [-0.05, 0) is 48.2 Å². The van der Waals surface area contributed by atoms with Crippen molar-refractivity contribution in [3.05, 3.63) is 69.7 Å². The van der Waals surface area contributed by atoms with Gasteiger partial charge in [0.15, 0.2) is 0 Å². The first kappa shape index (κ1) is 21.0. The molecule has 2 aliphatic heterocycles.